The van der Waals surface area contributed by atoms with Gasteiger partial charge in [0.2, 0.25) is 0 Å². The van der Waals surface area contributed by atoms with E-state index in [1.54, 1.807) is 0 Å². The van der Waals surface area contributed by atoms with E-state index in [-0.39, 0.29) is 0 Å². The fourth-order valence-corrected chi connectivity index (χ4v) is 8.13. The third-order valence-corrected chi connectivity index (χ3v) is 10.7. The van der Waals surface area contributed by atoms with Crippen molar-refractivity contribution in [3.8, 4) is 50.3 Å². The fraction of sp³-hybridized carbons (Fsp3) is 0.120. The lowest BCUT2D eigenvalue weighted by Gasteiger charge is -2.17. The first-order chi connectivity index (χ1) is 28.3. The van der Waals surface area contributed by atoms with Gasteiger partial charge in [-0.1, -0.05) is 109 Å². The van der Waals surface area contributed by atoms with E-state index in [4.69, 9.17) is 24.2 Å². The van der Waals surface area contributed by atoms with Gasteiger partial charge >= 0.3 is 0 Å². The van der Waals surface area contributed by atoms with E-state index in [1.807, 2.05) is 18.2 Å². The molecule has 0 saturated heterocycles. The maximum absolute atomic E-state index is 6.48. The molecule has 7 nitrogen and oxygen atoms in total. The molecule has 0 unspecified atom stereocenters. The van der Waals surface area contributed by atoms with Crippen molar-refractivity contribution in [3.05, 3.63) is 162 Å². The van der Waals surface area contributed by atoms with Crippen molar-refractivity contribution in [2.75, 3.05) is 33.0 Å². The van der Waals surface area contributed by atoms with E-state index >= 15 is 0 Å². The quantitative estimate of drug-likeness (QED) is 0.195. The molecule has 0 amide bonds. The Hall–Kier alpha value is -6.80. The number of rotatable bonds is 3. The van der Waals surface area contributed by atoms with Crippen LogP contribution in [0, 0.1) is 0 Å². The van der Waals surface area contributed by atoms with Gasteiger partial charge in [-0.3, -0.25) is 0 Å². The topological polar surface area (TPSA) is 74.2 Å². The monoisotopic (exact) mass is 744 g/mol. The molecule has 278 valence electrons. The highest BCUT2D eigenvalue weighted by atomic mass is 16.5. The number of nitrogens with zero attached hydrogens (tertiary/aromatic N) is 3. The van der Waals surface area contributed by atoms with E-state index < -0.39 is 0 Å². The summed E-state index contributed by atoms with van der Waals surface area (Å²) in [4.78, 5) is 14.8. The molecule has 0 saturated carbocycles. The molecule has 0 atom stereocenters. The Morgan fingerprint density at radius 3 is 1.47 bits per heavy atom. The maximum atomic E-state index is 6.48. The Bertz CT molecular complexity index is 2820. The van der Waals surface area contributed by atoms with Gasteiger partial charge in [0, 0.05) is 45.4 Å². The van der Waals surface area contributed by atoms with E-state index in [0.717, 1.165) is 95.1 Å². The predicted octanol–water partition coefficient (Wildman–Crippen LogP) is 11.2. The second-order valence-electron chi connectivity index (χ2n) is 14.1. The second-order valence-corrected chi connectivity index (χ2v) is 14.1. The molecular weight excluding hydrogens is 705 g/mol. The van der Waals surface area contributed by atoms with Crippen molar-refractivity contribution in [1.29, 1.82) is 0 Å². The minimum atomic E-state index is 0.413. The van der Waals surface area contributed by atoms with Gasteiger partial charge in [-0.15, -0.1) is 0 Å². The number of aromatic nitrogens is 4. The van der Waals surface area contributed by atoms with Crippen molar-refractivity contribution < 1.29 is 14.2 Å². The number of aromatic amines is 1. The molecule has 3 aliphatic heterocycles. The van der Waals surface area contributed by atoms with Crippen LogP contribution in [0.5, 0.6) is 5.75 Å². The number of H-pyrrole nitrogens is 1. The third-order valence-electron chi connectivity index (χ3n) is 10.7. The van der Waals surface area contributed by atoms with Gasteiger partial charge in [0.05, 0.1) is 60.2 Å². The number of hydrogen-bond acceptors (Lipinski definition) is 5. The van der Waals surface area contributed by atoms with Gasteiger partial charge in [-0.2, -0.15) is 0 Å². The lowest BCUT2D eigenvalue weighted by atomic mass is 10.0. The fourth-order valence-electron chi connectivity index (χ4n) is 8.13. The Morgan fingerprint density at radius 2 is 0.877 bits per heavy atom. The number of fused-ring (bicyclic) bond motifs is 9. The van der Waals surface area contributed by atoms with Crippen LogP contribution in [0.2, 0.25) is 0 Å². The summed E-state index contributed by atoms with van der Waals surface area (Å²) in [7, 11) is 0. The van der Waals surface area contributed by atoms with E-state index in [9.17, 15) is 0 Å². The summed E-state index contributed by atoms with van der Waals surface area (Å²) >= 11 is 0. The molecule has 0 radical (unpaired) electrons. The molecule has 4 aromatic carbocycles. The van der Waals surface area contributed by atoms with Crippen LogP contribution in [0.1, 0.15) is 22.8 Å². The van der Waals surface area contributed by atoms with Crippen molar-refractivity contribution in [2.45, 2.75) is 6.54 Å². The summed E-state index contributed by atoms with van der Waals surface area (Å²) in [6, 6.07) is 48.6. The average molecular weight is 745 g/mol. The Labute approximate surface area is 331 Å². The van der Waals surface area contributed by atoms with Crippen molar-refractivity contribution in [3.63, 3.8) is 0 Å². The minimum absolute atomic E-state index is 0.413. The van der Waals surface area contributed by atoms with Crippen molar-refractivity contribution in [2.24, 2.45) is 0 Å². The second kappa shape index (κ2) is 15.4. The highest BCUT2D eigenvalue weighted by molar-refractivity contribution is 6.00. The average Bonchev–Trinajstić information content (AvgIpc) is 4.10. The van der Waals surface area contributed by atoms with Crippen LogP contribution in [-0.4, -0.2) is 52.6 Å². The molecule has 0 spiro atoms. The molecule has 10 rings (SSSR count). The summed E-state index contributed by atoms with van der Waals surface area (Å²) in [5.41, 5.74) is 15.7. The highest BCUT2D eigenvalue weighted by Gasteiger charge is 2.22. The van der Waals surface area contributed by atoms with Gasteiger partial charge in [0.25, 0.3) is 0 Å². The molecule has 0 aliphatic carbocycles. The van der Waals surface area contributed by atoms with E-state index in [2.05, 4.69) is 155 Å². The SMILES string of the molecule is C1=Cc2nc1c(-c1ccccc1)c1ccc([nH]1)c(-c1ccccc1)c1nc(c3c4ccc(c2-c2ccccc2)n4CCOCCOCCOc2ccccc2-3)C=C1. The third kappa shape index (κ3) is 6.67. The van der Waals surface area contributed by atoms with Crippen LogP contribution >= 0.6 is 0 Å². The van der Waals surface area contributed by atoms with Crippen LogP contribution < -0.4 is 4.74 Å². The zero-order valence-electron chi connectivity index (χ0n) is 31.4. The van der Waals surface area contributed by atoms with Gasteiger partial charge in [-0.05, 0) is 71.3 Å². The first-order valence-electron chi connectivity index (χ1n) is 19.5. The first kappa shape index (κ1) is 34.7. The lowest BCUT2D eigenvalue weighted by molar-refractivity contribution is 0.0344. The molecule has 3 aliphatic rings. The largest absolute Gasteiger partial charge is 0.491 e. The number of benzene rings is 4. The zero-order valence-corrected chi connectivity index (χ0v) is 31.4. The Balaban J connectivity index is 1.41. The van der Waals surface area contributed by atoms with E-state index in [0.29, 0.717) is 39.6 Å². The number of nitrogens with one attached hydrogen (secondary N) is 1. The standard InChI is InChI=1S/C50H40N4O3/c1-4-12-34(13-5-1)47-38-20-21-39(51-38)48(35-14-6-2-7-15-35)41-23-25-43(53-41)50-37-18-10-11-19-46(37)57-33-32-56-31-30-55-29-28-54-44(26-27-45(50)54)49(36-16-8-3-9-17-36)42-24-22-40(47)52-42/h1-27,51H,28-33H2. The number of para-hydroxylation sites is 1. The normalized spacial score (nSPS) is 14.1. The summed E-state index contributed by atoms with van der Waals surface area (Å²) in [6.45, 7) is 2.96. The number of hydrogen-bond donors (Lipinski definition) is 1. The summed E-state index contributed by atoms with van der Waals surface area (Å²) < 4.78 is 21.0. The summed E-state index contributed by atoms with van der Waals surface area (Å²) in [6.07, 6.45) is 8.57. The van der Waals surface area contributed by atoms with Gasteiger partial charge < -0.3 is 23.8 Å². The summed E-state index contributed by atoms with van der Waals surface area (Å²) in [5, 5.41) is 0. The minimum Gasteiger partial charge on any atom is -0.491 e. The maximum Gasteiger partial charge on any atom is 0.127 e. The van der Waals surface area contributed by atoms with Crippen LogP contribution in [0.3, 0.4) is 0 Å². The van der Waals surface area contributed by atoms with Crippen LogP contribution in [0.15, 0.2) is 140 Å². The Kier molecular flexibility index (Phi) is 9.36. The molecule has 6 heterocycles. The van der Waals surface area contributed by atoms with Gasteiger partial charge in [0.1, 0.15) is 12.4 Å². The van der Waals surface area contributed by atoms with Crippen molar-refractivity contribution >= 4 is 46.4 Å². The molecule has 0 fully saturated rings. The van der Waals surface area contributed by atoms with E-state index in [1.165, 1.54) is 0 Å². The molecule has 7 aromatic rings. The van der Waals surface area contributed by atoms with Crippen LogP contribution in [0.25, 0.3) is 90.9 Å². The molecular formula is C50H40N4O3. The van der Waals surface area contributed by atoms with Crippen LogP contribution in [0.4, 0.5) is 0 Å². The van der Waals surface area contributed by atoms with Crippen molar-refractivity contribution in [1.82, 2.24) is 19.5 Å². The van der Waals surface area contributed by atoms with Crippen LogP contribution in [-0.2, 0) is 16.0 Å². The lowest BCUT2D eigenvalue weighted by Crippen LogP contribution is -2.14. The van der Waals surface area contributed by atoms with Gasteiger partial charge in [-0.25, -0.2) is 9.97 Å². The van der Waals surface area contributed by atoms with Gasteiger partial charge in [0.15, 0.2) is 0 Å². The Morgan fingerprint density at radius 1 is 0.421 bits per heavy atom. The number of ether oxygens (including phenoxy) is 3. The predicted molar refractivity (Wildman–Crippen MR) is 231 cm³/mol. The first-order valence-corrected chi connectivity index (χ1v) is 19.5. The molecule has 7 heteroatoms. The molecule has 3 aromatic heterocycles. The highest BCUT2D eigenvalue weighted by Crippen LogP contribution is 2.41. The summed E-state index contributed by atoms with van der Waals surface area (Å²) in [5.74, 6) is 0.775. The smallest absolute Gasteiger partial charge is 0.127 e. The molecule has 1 N–H and O–H groups in total. The molecule has 10 bridgehead atoms. The molecule has 57 heavy (non-hydrogen) atoms. The zero-order chi connectivity index (χ0) is 38.0.